The first-order valence-corrected chi connectivity index (χ1v) is 10.6. The molecule has 1 aliphatic carbocycles. The zero-order valence-corrected chi connectivity index (χ0v) is 18.2. The minimum absolute atomic E-state index is 0.0443. The Hall–Kier alpha value is -2.55. The molecule has 7 nitrogen and oxygen atoms in total. The number of hydrogen-bond acceptors (Lipinski definition) is 6. The molecule has 3 atom stereocenters. The minimum Gasteiger partial charge on any atom is -0.808 e. The maximum absolute atomic E-state index is 13.5. The number of nitrogens with one attached hydrogen (secondary N) is 1. The van der Waals surface area contributed by atoms with E-state index >= 15 is 0 Å². The van der Waals surface area contributed by atoms with E-state index in [4.69, 9.17) is 4.74 Å². The maximum atomic E-state index is 13.5. The van der Waals surface area contributed by atoms with Crippen LogP contribution >= 0.6 is 12.6 Å². The standard InChI is InChI=1S/C21H26FN6OS/c1-12(2)28-21(29-17-6-4-5-16(22)9-17)25-20(26-28)24-19-14-8-15(19)11-27(10-14)18(30)7-13(3)23/h4-7,9,12,14-15,19,30H,8,10-11H2,1-3H3,(H,24,26)/q-1/b18-7-/t14-,15?,19?/m0/s1. The van der Waals surface area contributed by atoms with E-state index < -0.39 is 0 Å². The van der Waals surface area contributed by atoms with Crippen LogP contribution in [-0.4, -0.2) is 44.5 Å². The van der Waals surface area contributed by atoms with Gasteiger partial charge < -0.3 is 20.4 Å². The van der Waals surface area contributed by atoms with Crippen molar-refractivity contribution in [2.45, 2.75) is 39.3 Å². The zero-order valence-electron chi connectivity index (χ0n) is 17.3. The Morgan fingerprint density at radius 3 is 2.73 bits per heavy atom. The van der Waals surface area contributed by atoms with Crippen molar-refractivity contribution >= 4 is 24.3 Å². The van der Waals surface area contributed by atoms with E-state index in [0.717, 1.165) is 24.5 Å². The minimum atomic E-state index is -0.361. The van der Waals surface area contributed by atoms with Crippen molar-refractivity contribution in [2.75, 3.05) is 18.4 Å². The summed E-state index contributed by atoms with van der Waals surface area (Å²) in [4.78, 5) is 6.71. The SMILES string of the molecule is CC(=[N-])/C=C(\S)N1CC2C[C@@H](C1)C2Nc1nc(Oc2cccc(F)c2)n(C(C)C)n1. The molecule has 0 spiro atoms. The van der Waals surface area contributed by atoms with E-state index in [0.29, 0.717) is 29.5 Å². The molecule has 1 aromatic carbocycles. The third-order valence-corrected chi connectivity index (χ3v) is 6.00. The number of anilines is 1. The topological polar surface area (TPSA) is 77.5 Å². The van der Waals surface area contributed by atoms with E-state index in [1.54, 1.807) is 29.8 Å². The Labute approximate surface area is 181 Å². The second kappa shape index (κ2) is 8.29. The van der Waals surface area contributed by atoms with Gasteiger partial charge in [0.2, 0.25) is 5.95 Å². The lowest BCUT2D eigenvalue weighted by Crippen LogP contribution is -2.60. The number of piperidine rings is 2. The van der Waals surface area contributed by atoms with E-state index in [2.05, 4.69) is 32.9 Å². The van der Waals surface area contributed by atoms with E-state index in [1.807, 2.05) is 13.8 Å². The quantitative estimate of drug-likeness (QED) is 0.506. The fourth-order valence-electron chi connectivity index (χ4n) is 4.15. The normalized spacial score (nSPS) is 23.3. The van der Waals surface area contributed by atoms with Gasteiger partial charge in [-0.15, -0.1) is 17.7 Å². The molecule has 1 N–H and O–H groups in total. The summed E-state index contributed by atoms with van der Waals surface area (Å²) >= 11 is 4.51. The molecule has 1 aromatic heterocycles. The fraction of sp³-hybridized carbons (Fsp3) is 0.476. The lowest BCUT2D eigenvalue weighted by molar-refractivity contribution is 0.0362. The number of allylic oxidation sites excluding steroid dienone is 1. The Balaban J connectivity index is 1.45. The predicted octanol–water partition coefficient (Wildman–Crippen LogP) is 4.32. The summed E-state index contributed by atoms with van der Waals surface area (Å²) in [6.45, 7) is 7.37. The second-order valence-corrected chi connectivity index (χ2v) is 8.75. The summed E-state index contributed by atoms with van der Waals surface area (Å²) < 4.78 is 21.0. The summed E-state index contributed by atoms with van der Waals surface area (Å²) in [6.07, 6.45) is 2.83. The number of ether oxygens (including phenoxy) is 1. The molecule has 3 heterocycles. The van der Waals surface area contributed by atoms with Crippen LogP contribution in [-0.2, 0) is 0 Å². The van der Waals surface area contributed by atoms with Crippen molar-refractivity contribution in [1.82, 2.24) is 19.7 Å². The number of thiol groups is 1. The van der Waals surface area contributed by atoms with Gasteiger partial charge in [-0.2, -0.15) is 10.7 Å². The Bertz CT molecular complexity index is 962. The molecule has 9 heteroatoms. The molecule has 2 saturated heterocycles. The van der Waals surface area contributed by atoms with Gasteiger partial charge in [-0.25, -0.2) is 9.07 Å². The number of rotatable bonds is 7. The van der Waals surface area contributed by atoms with Crippen LogP contribution in [0.15, 0.2) is 35.4 Å². The van der Waals surface area contributed by atoms with E-state index in [9.17, 15) is 9.80 Å². The molecule has 30 heavy (non-hydrogen) atoms. The zero-order chi connectivity index (χ0) is 21.4. The van der Waals surface area contributed by atoms with E-state index in [-0.39, 0.29) is 23.6 Å². The third kappa shape index (κ3) is 4.30. The number of aromatic nitrogens is 3. The van der Waals surface area contributed by atoms with Gasteiger partial charge in [-0.05, 0) is 44.2 Å². The van der Waals surface area contributed by atoms with Gasteiger partial charge >= 0.3 is 6.01 Å². The summed E-state index contributed by atoms with van der Waals surface area (Å²) in [6, 6.07) is 6.64. The molecule has 160 valence electrons. The van der Waals surface area contributed by atoms with Crippen molar-refractivity contribution in [3.05, 3.63) is 46.6 Å². The molecule has 0 amide bonds. The van der Waals surface area contributed by atoms with Crippen LogP contribution in [0.25, 0.3) is 5.41 Å². The average molecular weight is 430 g/mol. The molecule has 3 aliphatic rings. The van der Waals surface area contributed by atoms with Gasteiger partial charge in [0.1, 0.15) is 11.6 Å². The van der Waals surface area contributed by atoms with Crippen molar-refractivity contribution in [3.8, 4) is 11.8 Å². The van der Waals surface area contributed by atoms with Crippen LogP contribution in [0.3, 0.4) is 0 Å². The molecular weight excluding hydrogens is 403 g/mol. The van der Waals surface area contributed by atoms with Gasteiger partial charge in [0.05, 0.1) is 11.1 Å². The first-order valence-electron chi connectivity index (χ1n) is 10.1. The molecule has 5 rings (SSSR count). The molecule has 3 fully saturated rings. The summed E-state index contributed by atoms with van der Waals surface area (Å²) in [7, 11) is 0. The van der Waals surface area contributed by atoms with Crippen LogP contribution in [0.4, 0.5) is 10.3 Å². The lowest BCUT2D eigenvalue weighted by atomic mass is 9.66. The van der Waals surface area contributed by atoms with Gasteiger partial charge in [0.25, 0.3) is 0 Å². The van der Waals surface area contributed by atoms with Crippen LogP contribution in [0.5, 0.6) is 11.8 Å². The largest absolute Gasteiger partial charge is 0.808 e. The molecule has 2 aliphatic heterocycles. The first-order chi connectivity index (χ1) is 14.3. The molecule has 1 saturated carbocycles. The maximum Gasteiger partial charge on any atom is 0.322 e. The highest BCUT2D eigenvalue weighted by atomic mass is 32.1. The van der Waals surface area contributed by atoms with Crippen molar-refractivity contribution < 1.29 is 9.13 Å². The smallest absolute Gasteiger partial charge is 0.322 e. The van der Waals surface area contributed by atoms with Gasteiger partial charge in [0.15, 0.2) is 0 Å². The predicted molar refractivity (Wildman–Crippen MR) is 119 cm³/mol. The number of nitrogens with zero attached hydrogens (tertiary/aromatic N) is 5. The van der Waals surface area contributed by atoms with Gasteiger partial charge in [-0.1, -0.05) is 19.1 Å². The second-order valence-electron chi connectivity index (χ2n) is 8.29. The molecule has 2 bridgehead atoms. The Kier molecular flexibility index (Phi) is 5.73. The van der Waals surface area contributed by atoms with Crippen LogP contribution in [0.2, 0.25) is 0 Å². The van der Waals surface area contributed by atoms with Crippen LogP contribution in [0.1, 0.15) is 33.2 Å². The first kappa shape index (κ1) is 20.7. The monoisotopic (exact) mass is 429 g/mol. The Morgan fingerprint density at radius 2 is 2.10 bits per heavy atom. The van der Waals surface area contributed by atoms with Gasteiger partial charge in [0, 0.05) is 25.2 Å². The van der Waals surface area contributed by atoms with Gasteiger partial charge in [-0.3, -0.25) is 0 Å². The van der Waals surface area contributed by atoms with Crippen molar-refractivity contribution in [1.29, 1.82) is 0 Å². The number of benzene rings is 1. The van der Waals surface area contributed by atoms with Crippen molar-refractivity contribution in [3.63, 3.8) is 0 Å². The van der Waals surface area contributed by atoms with Crippen molar-refractivity contribution in [2.24, 2.45) is 11.8 Å². The molecule has 2 aromatic rings. The Morgan fingerprint density at radius 1 is 1.37 bits per heavy atom. The average Bonchev–Trinajstić information content (AvgIpc) is 3.08. The summed E-state index contributed by atoms with van der Waals surface area (Å²) in [5.74, 6) is 1.45. The highest BCUT2D eigenvalue weighted by molar-refractivity contribution is 7.84. The summed E-state index contributed by atoms with van der Waals surface area (Å²) in [5.41, 5.74) is 0.253. The third-order valence-electron chi connectivity index (χ3n) is 5.58. The highest BCUT2D eigenvalue weighted by Crippen LogP contribution is 2.43. The molecular formula is C21H26FN6OS-. The summed E-state index contributed by atoms with van der Waals surface area (Å²) in [5, 5.41) is 18.3. The molecule has 0 radical (unpaired) electrons. The number of hydrogen-bond donors (Lipinski definition) is 2. The van der Waals surface area contributed by atoms with E-state index in [1.165, 1.54) is 12.1 Å². The van der Waals surface area contributed by atoms with Crippen LogP contribution in [0, 0.1) is 17.7 Å². The fourth-order valence-corrected chi connectivity index (χ4v) is 4.50. The lowest BCUT2D eigenvalue weighted by Gasteiger charge is -2.54. The number of fused-ring (bicyclic) bond motifs is 2. The number of halogens is 1. The highest BCUT2D eigenvalue weighted by Gasteiger charge is 2.47. The van der Waals surface area contributed by atoms with Crippen LogP contribution < -0.4 is 10.1 Å². The molecule has 2 unspecified atom stereocenters.